The minimum atomic E-state index is 0.106. The summed E-state index contributed by atoms with van der Waals surface area (Å²) in [6.07, 6.45) is 5.08. The van der Waals surface area contributed by atoms with Crippen LogP contribution in [0, 0.1) is 12.8 Å². The van der Waals surface area contributed by atoms with Crippen molar-refractivity contribution in [2.75, 3.05) is 14.2 Å². The first-order valence-corrected chi connectivity index (χ1v) is 14.1. The van der Waals surface area contributed by atoms with Gasteiger partial charge in [-0.1, -0.05) is 13.3 Å². The normalized spacial score (nSPS) is 17.5. The molecule has 0 amide bonds. The highest BCUT2D eigenvalue weighted by molar-refractivity contribution is 7.14. The van der Waals surface area contributed by atoms with Gasteiger partial charge in [0.05, 0.1) is 30.1 Å². The van der Waals surface area contributed by atoms with Gasteiger partial charge >= 0.3 is 0 Å². The zero-order valence-electron chi connectivity index (χ0n) is 22.5. The molecule has 0 unspecified atom stereocenters. The average Bonchev–Trinajstić information content (AvgIpc) is 3.55. The van der Waals surface area contributed by atoms with E-state index in [2.05, 4.69) is 4.57 Å². The van der Waals surface area contributed by atoms with Crippen molar-refractivity contribution < 1.29 is 19.1 Å². The lowest BCUT2D eigenvalue weighted by atomic mass is 9.82. The summed E-state index contributed by atoms with van der Waals surface area (Å²) >= 11 is 1.58. The number of rotatable bonds is 9. The van der Waals surface area contributed by atoms with E-state index in [0.717, 1.165) is 53.0 Å². The molecule has 38 heavy (non-hydrogen) atoms. The molecule has 2 heterocycles. The molecule has 2 aromatic carbocycles. The molecule has 1 fully saturated rings. The molecular formula is C31H34N2O4S. The van der Waals surface area contributed by atoms with E-state index in [1.165, 1.54) is 4.88 Å². The summed E-state index contributed by atoms with van der Waals surface area (Å²) in [7, 11) is 3.26. The minimum Gasteiger partial charge on any atom is -0.493 e. The number of fused-ring (bicyclic) bond motifs is 1. The van der Waals surface area contributed by atoms with Crippen LogP contribution in [0.2, 0.25) is 0 Å². The Hall–Kier alpha value is -3.45. The highest BCUT2D eigenvalue weighted by Gasteiger charge is 2.29. The third-order valence-corrected chi connectivity index (χ3v) is 8.63. The van der Waals surface area contributed by atoms with Crippen molar-refractivity contribution in [3.05, 3.63) is 63.8 Å². The molecule has 2 atom stereocenters. The Morgan fingerprint density at radius 1 is 1.00 bits per heavy atom. The molecule has 198 valence electrons. The number of ether oxygens (including phenoxy) is 2. The Kier molecular flexibility index (Phi) is 7.65. The minimum absolute atomic E-state index is 0.106. The zero-order chi connectivity index (χ0) is 26.8. The molecule has 0 spiro atoms. The number of methoxy groups -OCH3 is 2. The smallest absolute Gasteiger partial charge is 0.173 e. The van der Waals surface area contributed by atoms with Crippen molar-refractivity contribution in [3.63, 3.8) is 0 Å². The summed E-state index contributed by atoms with van der Waals surface area (Å²) in [6.45, 7) is 3.92. The number of aryl methyl sites for hydroxylation is 1. The maximum atomic E-state index is 13.0. The number of aromatic nitrogens is 2. The predicted octanol–water partition coefficient (Wildman–Crippen LogP) is 7.69. The van der Waals surface area contributed by atoms with Crippen molar-refractivity contribution in [2.45, 2.75) is 58.4 Å². The molecule has 2 aromatic heterocycles. The molecule has 1 aliphatic carbocycles. The first-order chi connectivity index (χ1) is 18.4. The number of imidazole rings is 1. The van der Waals surface area contributed by atoms with E-state index in [1.54, 1.807) is 25.6 Å². The fraction of sp³-hybridized carbons (Fsp3) is 0.387. The van der Waals surface area contributed by atoms with E-state index < -0.39 is 0 Å². The number of benzene rings is 2. The molecule has 0 radical (unpaired) electrons. The van der Waals surface area contributed by atoms with Gasteiger partial charge in [-0.25, -0.2) is 4.98 Å². The van der Waals surface area contributed by atoms with Gasteiger partial charge in [-0.2, -0.15) is 0 Å². The van der Waals surface area contributed by atoms with Crippen molar-refractivity contribution in [1.82, 2.24) is 9.55 Å². The monoisotopic (exact) mass is 530 g/mol. The zero-order valence-corrected chi connectivity index (χ0v) is 23.3. The topological polar surface area (TPSA) is 70.4 Å². The first-order valence-electron chi connectivity index (χ1n) is 13.3. The lowest BCUT2D eigenvalue weighted by Gasteiger charge is -2.31. The van der Waals surface area contributed by atoms with E-state index >= 15 is 0 Å². The molecule has 1 aliphatic rings. The number of hydrogen-bond acceptors (Lipinski definition) is 6. The second-order valence-electron chi connectivity index (χ2n) is 10.1. The number of ketones is 2. The summed E-state index contributed by atoms with van der Waals surface area (Å²) in [4.78, 5) is 32.5. The van der Waals surface area contributed by atoms with Crippen LogP contribution in [0.25, 0.3) is 22.4 Å². The van der Waals surface area contributed by atoms with Crippen LogP contribution >= 0.6 is 11.3 Å². The van der Waals surface area contributed by atoms with Crippen LogP contribution in [0.5, 0.6) is 11.5 Å². The maximum absolute atomic E-state index is 13.0. The quantitative estimate of drug-likeness (QED) is 0.208. The molecule has 0 N–H and O–H groups in total. The fourth-order valence-electron chi connectivity index (χ4n) is 5.65. The number of Topliss-reactive ketones (excluding diaryl/α,β-unsaturated/α-hetero) is 2. The third kappa shape index (κ3) is 5.12. The second-order valence-corrected chi connectivity index (χ2v) is 11.4. The number of carbonyl (C=O) groups is 2. The van der Waals surface area contributed by atoms with E-state index in [0.29, 0.717) is 35.8 Å². The summed E-state index contributed by atoms with van der Waals surface area (Å²) in [5, 5.41) is 0. The highest BCUT2D eigenvalue weighted by atomic mass is 32.1. The summed E-state index contributed by atoms with van der Waals surface area (Å²) in [6, 6.07) is 15.9. The number of hydrogen-bond donors (Lipinski definition) is 0. The van der Waals surface area contributed by atoms with Crippen LogP contribution in [0.15, 0.2) is 48.5 Å². The molecule has 0 aliphatic heterocycles. The van der Waals surface area contributed by atoms with Crippen LogP contribution in [0.3, 0.4) is 0 Å². The summed E-state index contributed by atoms with van der Waals surface area (Å²) < 4.78 is 13.4. The van der Waals surface area contributed by atoms with E-state index in [-0.39, 0.29) is 17.6 Å². The number of carbonyl (C=O) groups excluding carboxylic acids is 2. The molecule has 5 rings (SSSR count). The van der Waals surface area contributed by atoms with Crippen molar-refractivity contribution in [2.24, 2.45) is 5.92 Å². The van der Waals surface area contributed by atoms with Crippen LogP contribution in [0.4, 0.5) is 0 Å². The van der Waals surface area contributed by atoms with Gasteiger partial charge in [0.25, 0.3) is 0 Å². The van der Waals surface area contributed by atoms with Gasteiger partial charge < -0.3 is 14.0 Å². The molecule has 1 saturated carbocycles. The largest absolute Gasteiger partial charge is 0.493 e. The molecule has 4 aromatic rings. The van der Waals surface area contributed by atoms with Crippen LogP contribution in [-0.2, 0) is 0 Å². The Balaban J connectivity index is 1.54. The van der Waals surface area contributed by atoms with Crippen molar-refractivity contribution in [3.8, 4) is 22.9 Å². The molecule has 0 bridgehead atoms. The van der Waals surface area contributed by atoms with Gasteiger partial charge in [0, 0.05) is 34.9 Å². The van der Waals surface area contributed by atoms with E-state index in [1.807, 2.05) is 62.4 Å². The molecular weight excluding hydrogens is 496 g/mol. The van der Waals surface area contributed by atoms with Gasteiger partial charge in [-0.05, 0) is 80.6 Å². The number of nitrogens with zero attached hydrogens (tertiary/aromatic N) is 2. The Labute approximate surface area is 227 Å². The van der Waals surface area contributed by atoms with Crippen LogP contribution < -0.4 is 9.47 Å². The molecule has 6 nitrogen and oxygen atoms in total. The standard InChI is InChI=1S/C31H34N2O4S/c1-5-26(34)21-10-12-25-24(17-21)32-31(22-11-13-28(36-3)29(18-22)37-4)33(25)23-8-6-7-20(15-23)16-27(35)30-14-9-19(2)38-30/h9-14,17-18,20,23H,5-8,15-16H2,1-4H3/t20-,23+/m1/s1. The number of thiophene rings is 1. The lowest BCUT2D eigenvalue weighted by molar-refractivity contribution is 0.0944. The van der Waals surface area contributed by atoms with Gasteiger partial charge in [0.2, 0.25) is 0 Å². The second kappa shape index (κ2) is 11.1. The van der Waals surface area contributed by atoms with Crippen LogP contribution in [-0.4, -0.2) is 35.3 Å². The first kappa shape index (κ1) is 26.2. The SMILES string of the molecule is CCC(=O)c1ccc2c(c1)nc(-c1ccc(OC)c(OC)c1)n2[C@H]1CCC[C@@H](CC(=O)c2ccc(C)s2)C1. The Morgan fingerprint density at radius 2 is 1.82 bits per heavy atom. The Bertz CT molecular complexity index is 1480. The lowest BCUT2D eigenvalue weighted by Crippen LogP contribution is -2.22. The van der Waals surface area contributed by atoms with Crippen LogP contribution in [0.1, 0.15) is 76.4 Å². The van der Waals surface area contributed by atoms with E-state index in [4.69, 9.17) is 14.5 Å². The predicted molar refractivity (Wildman–Crippen MR) is 152 cm³/mol. The van der Waals surface area contributed by atoms with E-state index in [9.17, 15) is 9.59 Å². The van der Waals surface area contributed by atoms with Gasteiger partial charge in [0.15, 0.2) is 23.1 Å². The van der Waals surface area contributed by atoms with Gasteiger partial charge in [0.1, 0.15) is 5.82 Å². The summed E-state index contributed by atoms with van der Waals surface area (Å²) in [5.41, 5.74) is 3.42. The van der Waals surface area contributed by atoms with Gasteiger partial charge in [-0.15, -0.1) is 11.3 Å². The Morgan fingerprint density at radius 3 is 2.53 bits per heavy atom. The van der Waals surface area contributed by atoms with Crippen molar-refractivity contribution >= 4 is 33.9 Å². The maximum Gasteiger partial charge on any atom is 0.173 e. The molecule has 7 heteroatoms. The highest BCUT2D eigenvalue weighted by Crippen LogP contribution is 2.41. The summed E-state index contributed by atoms with van der Waals surface area (Å²) in [5.74, 6) is 2.81. The van der Waals surface area contributed by atoms with Gasteiger partial charge in [-0.3, -0.25) is 9.59 Å². The molecule has 0 saturated heterocycles. The van der Waals surface area contributed by atoms with Crippen molar-refractivity contribution in [1.29, 1.82) is 0 Å². The third-order valence-electron chi connectivity index (χ3n) is 7.58. The average molecular weight is 531 g/mol. The fourth-order valence-corrected chi connectivity index (χ4v) is 6.47.